The number of aromatic amines is 1. The van der Waals surface area contributed by atoms with E-state index in [1.165, 1.54) is 5.39 Å². The van der Waals surface area contributed by atoms with Crippen LogP contribution in [-0.4, -0.2) is 11.5 Å². The van der Waals surface area contributed by atoms with Crippen molar-refractivity contribution in [2.24, 2.45) is 0 Å². The van der Waals surface area contributed by atoms with Crippen molar-refractivity contribution in [2.75, 3.05) is 6.54 Å². The minimum atomic E-state index is 0.812. The highest BCUT2D eigenvalue weighted by Gasteiger charge is 2.05. The summed E-state index contributed by atoms with van der Waals surface area (Å²) in [6.45, 7) is 3.85. The predicted molar refractivity (Wildman–Crippen MR) is 91.3 cm³/mol. The zero-order chi connectivity index (χ0) is 14.7. The van der Waals surface area contributed by atoms with Gasteiger partial charge in [-0.2, -0.15) is 0 Å². The summed E-state index contributed by atoms with van der Waals surface area (Å²) in [5, 5.41) is 6.47. The van der Waals surface area contributed by atoms with Crippen LogP contribution in [0.25, 0.3) is 10.9 Å². The average Bonchev–Trinajstić information content (AvgIpc) is 2.88. The number of para-hydroxylation sites is 1. The SMILES string of the molecule is CCNCc1ccc(Sc2cc3ccccc3[nH]2)cc1Cl. The van der Waals surface area contributed by atoms with Gasteiger partial charge < -0.3 is 10.3 Å². The van der Waals surface area contributed by atoms with E-state index in [4.69, 9.17) is 11.6 Å². The van der Waals surface area contributed by atoms with E-state index in [9.17, 15) is 0 Å². The van der Waals surface area contributed by atoms with Crippen molar-refractivity contribution in [3.05, 3.63) is 59.1 Å². The molecule has 3 rings (SSSR count). The van der Waals surface area contributed by atoms with Gasteiger partial charge in [0.15, 0.2) is 0 Å². The molecule has 108 valence electrons. The number of halogens is 1. The molecule has 0 bridgehead atoms. The maximum absolute atomic E-state index is 6.35. The summed E-state index contributed by atoms with van der Waals surface area (Å²) in [5.41, 5.74) is 2.30. The third kappa shape index (κ3) is 3.43. The van der Waals surface area contributed by atoms with Gasteiger partial charge in [-0.3, -0.25) is 0 Å². The standard InChI is InChI=1S/C17H17ClN2S/c1-2-19-11-13-7-8-14(10-15(13)18)21-17-9-12-5-3-4-6-16(12)20-17/h3-10,19-20H,2,11H2,1H3. The fourth-order valence-electron chi connectivity index (χ4n) is 2.22. The van der Waals surface area contributed by atoms with Gasteiger partial charge in [0.05, 0.1) is 5.03 Å². The van der Waals surface area contributed by atoms with Gasteiger partial charge in [-0.05, 0) is 36.4 Å². The lowest BCUT2D eigenvalue weighted by Crippen LogP contribution is -2.11. The number of rotatable bonds is 5. The number of benzene rings is 2. The average molecular weight is 317 g/mol. The fraction of sp³-hybridized carbons (Fsp3) is 0.176. The smallest absolute Gasteiger partial charge is 0.0780 e. The fourth-order valence-corrected chi connectivity index (χ4v) is 3.45. The Balaban J connectivity index is 1.79. The molecule has 0 spiro atoms. The molecule has 0 aliphatic rings. The molecule has 0 unspecified atom stereocenters. The molecule has 0 fully saturated rings. The lowest BCUT2D eigenvalue weighted by Gasteiger charge is -2.07. The Hall–Kier alpha value is -1.42. The molecule has 0 amide bonds. The monoisotopic (exact) mass is 316 g/mol. The number of aromatic nitrogens is 1. The zero-order valence-corrected chi connectivity index (χ0v) is 13.4. The Morgan fingerprint density at radius 3 is 2.76 bits per heavy atom. The molecule has 0 saturated carbocycles. The molecule has 21 heavy (non-hydrogen) atoms. The summed E-state index contributed by atoms with van der Waals surface area (Å²) in [6, 6.07) is 16.7. The molecule has 0 aliphatic carbocycles. The van der Waals surface area contributed by atoms with Crippen molar-refractivity contribution < 1.29 is 0 Å². The molecule has 0 aliphatic heterocycles. The Bertz CT molecular complexity index is 718. The lowest BCUT2D eigenvalue weighted by molar-refractivity contribution is 0.726. The van der Waals surface area contributed by atoms with Crippen LogP contribution < -0.4 is 5.32 Å². The topological polar surface area (TPSA) is 27.8 Å². The van der Waals surface area contributed by atoms with Crippen molar-refractivity contribution in [3.63, 3.8) is 0 Å². The van der Waals surface area contributed by atoms with Gasteiger partial charge in [0, 0.05) is 27.4 Å². The quantitative estimate of drug-likeness (QED) is 0.687. The minimum absolute atomic E-state index is 0.812. The van der Waals surface area contributed by atoms with Crippen LogP contribution in [0.15, 0.2) is 58.5 Å². The number of hydrogen-bond acceptors (Lipinski definition) is 2. The summed E-state index contributed by atoms with van der Waals surface area (Å²) in [4.78, 5) is 4.57. The summed E-state index contributed by atoms with van der Waals surface area (Å²) in [7, 11) is 0. The van der Waals surface area contributed by atoms with E-state index >= 15 is 0 Å². The van der Waals surface area contributed by atoms with Gasteiger partial charge in [0.25, 0.3) is 0 Å². The first-order valence-electron chi connectivity index (χ1n) is 7.01. The molecular weight excluding hydrogens is 300 g/mol. The number of hydrogen-bond donors (Lipinski definition) is 2. The third-order valence-corrected chi connectivity index (χ3v) is 4.60. The number of fused-ring (bicyclic) bond motifs is 1. The van der Waals surface area contributed by atoms with Crippen molar-refractivity contribution in [2.45, 2.75) is 23.4 Å². The van der Waals surface area contributed by atoms with Crippen LogP contribution in [0.4, 0.5) is 0 Å². The molecule has 2 aromatic carbocycles. The van der Waals surface area contributed by atoms with Crippen LogP contribution in [0.3, 0.4) is 0 Å². The van der Waals surface area contributed by atoms with Crippen LogP contribution in [0.1, 0.15) is 12.5 Å². The highest BCUT2D eigenvalue weighted by molar-refractivity contribution is 7.99. The molecule has 1 aromatic heterocycles. The first-order valence-corrected chi connectivity index (χ1v) is 8.20. The van der Waals surface area contributed by atoms with E-state index in [0.717, 1.165) is 39.1 Å². The molecule has 2 N–H and O–H groups in total. The van der Waals surface area contributed by atoms with Crippen molar-refractivity contribution in [1.82, 2.24) is 10.3 Å². The van der Waals surface area contributed by atoms with Crippen molar-refractivity contribution in [1.29, 1.82) is 0 Å². The van der Waals surface area contributed by atoms with Gasteiger partial charge in [-0.25, -0.2) is 0 Å². The van der Waals surface area contributed by atoms with E-state index in [0.29, 0.717) is 0 Å². The largest absolute Gasteiger partial charge is 0.349 e. The molecule has 2 nitrogen and oxygen atoms in total. The molecule has 4 heteroatoms. The van der Waals surface area contributed by atoms with Gasteiger partial charge in [0.1, 0.15) is 0 Å². The third-order valence-electron chi connectivity index (χ3n) is 3.32. The van der Waals surface area contributed by atoms with Gasteiger partial charge in [-0.1, -0.05) is 54.6 Å². The summed E-state index contributed by atoms with van der Waals surface area (Å²) >= 11 is 8.05. The van der Waals surface area contributed by atoms with Gasteiger partial charge in [-0.15, -0.1) is 0 Å². The van der Waals surface area contributed by atoms with Gasteiger partial charge in [0.2, 0.25) is 0 Å². The number of H-pyrrole nitrogens is 1. The molecule has 3 aromatic rings. The predicted octanol–water partition coefficient (Wildman–Crippen LogP) is 5.08. The van der Waals surface area contributed by atoms with Crippen LogP contribution in [0.2, 0.25) is 5.02 Å². The van der Waals surface area contributed by atoms with E-state index in [1.54, 1.807) is 11.8 Å². The first kappa shape index (κ1) is 14.5. The van der Waals surface area contributed by atoms with Crippen LogP contribution in [-0.2, 0) is 6.54 Å². The first-order chi connectivity index (χ1) is 10.3. The lowest BCUT2D eigenvalue weighted by atomic mass is 10.2. The number of nitrogens with one attached hydrogen (secondary N) is 2. The van der Waals surface area contributed by atoms with E-state index in [-0.39, 0.29) is 0 Å². The van der Waals surface area contributed by atoms with Crippen molar-refractivity contribution in [3.8, 4) is 0 Å². The maximum Gasteiger partial charge on any atom is 0.0780 e. The minimum Gasteiger partial charge on any atom is -0.349 e. The molecule has 0 radical (unpaired) electrons. The van der Waals surface area contributed by atoms with Crippen LogP contribution >= 0.6 is 23.4 Å². The molecule has 0 saturated heterocycles. The Labute approximate surface area is 133 Å². The summed E-state index contributed by atoms with van der Waals surface area (Å²) < 4.78 is 0. The highest BCUT2D eigenvalue weighted by Crippen LogP contribution is 2.32. The molecule has 0 atom stereocenters. The Morgan fingerprint density at radius 1 is 1.14 bits per heavy atom. The van der Waals surface area contributed by atoms with E-state index in [1.807, 2.05) is 12.1 Å². The van der Waals surface area contributed by atoms with E-state index < -0.39 is 0 Å². The second-order valence-corrected chi connectivity index (χ2v) is 6.38. The summed E-state index contributed by atoms with van der Waals surface area (Å²) in [6.07, 6.45) is 0. The highest BCUT2D eigenvalue weighted by atomic mass is 35.5. The van der Waals surface area contributed by atoms with Crippen LogP contribution in [0.5, 0.6) is 0 Å². The van der Waals surface area contributed by atoms with Crippen molar-refractivity contribution >= 4 is 34.3 Å². The van der Waals surface area contributed by atoms with Gasteiger partial charge >= 0.3 is 0 Å². The van der Waals surface area contributed by atoms with Crippen LogP contribution in [0, 0.1) is 0 Å². The second-order valence-electron chi connectivity index (χ2n) is 4.86. The summed E-state index contributed by atoms with van der Waals surface area (Å²) in [5.74, 6) is 0. The Kier molecular flexibility index (Phi) is 4.54. The molecule has 1 heterocycles. The zero-order valence-electron chi connectivity index (χ0n) is 11.8. The molecular formula is C17H17ClN2S. The maximum atomic E-state index is 6.35. The second kappa shape index (κ2) is 6.56. The normalized spacial score (nSPS) is 11.1. The van der Waals surface area contributed by atoms with E-state index in [2.05, 4.69) is 53.6 Å². The Morgan fingerprint density at radius 2 is 2.00 bits per heavy atom.